The Morgan fingerprint density at radius 1 is 1.29 bits per heavy atom. The van der Waals surface area contributed by atoms with Crippen LogP contribution in [0, 0.1) is 0 Å². The molecule has 1 aliphatic rings. The predicted octanol–water partition coefficient (Wildman–Crippen LogP) is 1.26. The van der Waals surface area contributed by atoms with E-state index in [-0.39, 0.29) is 5.56 Å². The Bertz CT molecular complexity index is 738. The lowest BCUT2D eigenvalue weighted by Crippen LogP contribution is -2.39. The van der Waals surface area contributed by atoms with Crippen molar-refractivity contribution in [2.24, 2.45) is 7.05 Å². The Kier molecular flexibility index (Phi) is 5.10. The number of hydrogen-bond acceptors (Lipinski definition) is 6. The highest BCUT2D eigenvalue weighted by atomic mass is 16.5. The number of ether oxygens (including phenoxy) is 1. The van der Waals surface area contributed by atoms with Crippen molar-refractivity contribution >= 4 is 5.82 Å². The van der Waals surface area contributed by atoms with Crippen molar-refractivity contribution < 1.29 is 4.74 Å². The van der Waals surface area contributed by atoms with Crippen LogP contribution in [0.4, 0.5) is 5.82 Å². The van der Waals surface area contributed by atoms with E-state index >= 15 is 0 Å². The van der Waals surface area contributed by atoms with Gasteiger partial charge in [0.25, 0.3) is 0 Å². The van der Waals surface area contributed by atoms with E-state index in [2.05, 4.69) is 20.2 Å². The Labute approximate surface area is 141 Å². The number of rotatable bonds is 5. The molecule has 7 nitrogen and oxygen atoms in total. The summed E-state index contributed by atoms with van der Waals surface area (Å²) < 4.78 is 6.84. The summed E-state index contributed by atoms with van der Waals surface area (Å²) in [5.41, 5.74) is 1.09. The zero-order valence-corrected chi connectivity index (χ0v) is 14.1. The smallest absolute Gasteiger partial charge is 0.250 e. The first-order chi connectivity index (χ1) is 11.7. The van der Waals surface area contributed by atoms with Crippen LogP contribution in [-0.2, 0) is 13.6 Å². The average Bonchev–Trinajstić information content (AvgIpc) is 2.61. The number of aromatic nitrogens is 3. The first-order valence-electron chi connectivity index (χ1n) is 8.15. The van der Waals surface area contributed by atoms with Crippen LogP contribution in [-0.4, -0.2) is 45.7 Å². The van der Waals surface area contributed by atoms with Gasteiger partial charge in [0.2, 0.25) is 11.4 Å². The second kappa shape index (κ2) is 7.44. The van der Waals surface area contributed by atoms with Crippen LogP contribution >= 0.6 is 0 Å². The molecule has 0 amide bonds. The van der Waals surface area contributed by atoms with Gasteiger partial charge >= 0.3 is 0 Å². The molecule has 1 aliphatic heterocycles. The van der Waals surface area contributed by atoms with Gasteiger partial charge in [0.05, 0.1) is 7.11 Å². The number of likely N-dealkylation sites (tertiary alicyclic amines) is 1. The van der Waals surface area contributed by atoms with Gasteiger partial charge in [-0.3, -0.25) is 9.69 Å². The molecule has 128 valence electrons. The number of anilines is 1. The van der Waals surface area contributed by atoms with Crippen LogP contribution in [0.15, 0.2) is 35.4 Å². The lowest BCUT2D eigenvalue weighted by Gasteiger charge is -2.32. The third-order valence-electron chi connectivity index (χ3n) is 4.47. The lowest BCUT2D eigenvalue weighted by atomic mass is 10.0. The molecule has 1 saturated heterocycles. The van der Waals surface area contributed by atoms with Gasteiger partial charge in [-0.05, 0) is 18.9 Å². The zero-order chi connectivity index (χ0) is 16.9. The summed E-state index contributed by atoms with van der Waals surface area (Å²) >= 11 is 0. The van der Waals surface area contributed by atoms with Crippen molar-refractivity contribution in [2.75, 3.05) is 25.5 Å². The van der Waals surface area contributed by atoms with E-state index in [0.29, 0.717) is 11.9 Å². The summed E-state index contributed by atoms with van der Waals surface area (Å²) in [5.74, 6) is 1.36. The van der Waals surface area contributed by atoms with Crippen LogP contribution in [0.1, 0.15) is 18.5 Å². The first-order valence-corrected chi connectivity index (χ1v) is 8.15. The minimum absolute atomic E-state index is 0.0433. The maximum absolute atomic E-state index is 11.7. The first kappa shape index (κ1) is 16.4. The summed E-state index contributed by atoms with van der Waals surface area (Å²) in [7, 11) is 3.43. The van der Waals surface area contributed by atoms with Gasteiger partial charge in [0.15, 0.2) is 0 Å². The molecule has 0 bridgehead atoms. The number of hydrogen-bond donors (Lipinski definition) is 1. The average molecular weight is 329 g/mol. The molecule has 7 heteroatoms. The van der Waals surface area contributed by atoms with Gasteiger partial charge in [0, 0.05) is 50.6 Å². The molecule has 1 fully saturated rings. The fourth-order valence-electron chi connectivity index (χ4n) is 2.97. The SMILES string of the molecule is COc1cc(NC2CCN(Cc3cccc(=O)n3C)CC2)ncn1. The maximum Gasteiger partial charge on any atom is 0.250 e. The maximum atomic E-state index is 11.7. The van der Waals surface area contributed by atoms with Crippen molar-refractivity contribution in [3.8, 4) is 5.88 Å². The van der Waals surface area contributed by atoms with Gasteiger partial charge < -0.3 is 14.6 Å². The highest BCUT2D eigenvalue weighted by Gasteiger charge is 2.20. The van der Waals surface area contributed by atoms with Crippen molar-refractivity contribution in [3.63, 3.8) is 0 Å². The van der Waals surface area contributed by atoms with Crippen LogP contribution in [0.25, 0.3) is 0 Å². The highest BCUT2D eigenvalue weighted by molar-refractivity contribution is 5.38. The highest BCUT2D eigenvalue weighted by Crippen LogP contribution is 2.18. The van der Waals surface area contributed by atoms with Gasteiger partial charge in [-0.2, -0.15) is 0 Å². The minimum atomic E-state index is 0.0433. The Morgan fingerprint density at radius 3 is 2.83 bits per heavy atom. The summed E-state index contributed by atoms with van der Waals surface area (Å²) in [6, 6.07) is 7.63. The molecule has 0 saturated carbocycles. The summed E-state index contributed by atoms with van der Waals surface area (Å²) in [6.45, 7) is 2.78. The molecule has 24 heavy (non-hydrogen) atoms. The molecule has 0 radical (unpaired) electrons. The molecule has 0 aromatic carbocycles. The second-order valence-electron chi connectivity index (χ2n) is 6.05. The van der Waals surface area contributed by atoms with E-state index in [4.69, 9.17) is 4.74 Å². The van der Waals surface area contributed by atoms with E-state index in [1.165, 1.54) is 6.33 Å². The molecule has 0 atom stereocenters. The van der Waals surface area contributed by atoms with Crippen LogP contribution in [0.2, 0.25) is 0 Å². The second-order valence-corrected chi connectivity index (χ2v) is 6.05. The molecule has 0 aliphatic carbocycles. The van der Waals surface area contributed by atoms with Crippen molar-refractivity contribution in [1.29, 1.82) is 0 Å². The largest absolute Gasteiger partial charge is 0.481 e. The molecular formula is C17H23N5O2. The molecule has 2 aromatic heterocycles. The molecule has 3 heterocycles. The zero-order valence-electron chi connectivity index (χ0n) is 14.1. The molecule has 0 spiro atoms. The fraction of sp³-hybridized carbons (Fsp3) is 0.471. The Morgan fingerprint density at radius 2 is 2.08 bits per heavy atom. The van der Waals surface area contributed by atoms with E-state index in [1.54, 1.807) is 17.7 Å². The minimum Gasteiger partial charge on any atom is -0.481 e. The van der Waals surface area contributed by atoms with Crippen molar-refractivity contribution in [2.45, 2.75) is 25.4 Å². The van der Waals surface area contributed by atoms with Crippen LogP contribution in [0.3, 0.4) is 0 Å². The molecule has 1 N–H and O–H groups in total. The number of piperidine rings is 1. The number of methoxy groups -OCH3 is 1. The summed E-state index contributed by atoms with van der Waals surface area (Å²) in [4.78, 5) is 22.3. The summed E-state index contributed by atoms with van der Waals surface area (Å²) in [6.07, 6.45) is 3.58. The number of nitrogens with one attached hydrogen (secondary N) is 1. The standard InChI is InChI=1S/C17H23N5O2/c1-21-14(4-3-5-17(21)23)11-22-8-6-13(7-9-22)20-15-10-16(24-2)19-12-18-15/h3-5,10,12-13H,6-9,11H2,1-2H3,(H,18,19,20). The fourth-order valence-corrected chi connectivity index (χ4v) is 2.97. The molecule has 3 rings (SSSR count). The third-order valence-corrected chi connectivity index (χ3v) is 4.47. The normalized spacial score (nSPS) is 16.1. The lowest BCUT2D eigenvalue weighted by molar-refractivity contribution is 0.206. The number of pyridine rings is 1. The van der Waals surface area contributed by atoms with E-state index < -0.39 is 0 Å². The topological polar surface area (TPSA) is 72.3 Å². The van der Waals surface area contributed by atoms with Gasteiger partial charge in [-0.15, -0.1) is 0 Å². The quantitative estimate of drug-likeness (QED) is 0.890. The third kappa shape index (κ3) is 3.91. The van der Waals surface area contributed by atoms with Gasteiger partial charge in [-0.25, -0.2) is 9.97 Å². The Hall–Kier alpha value is -2.41. The molecule has 2 aromatic rings. The van der Waals surface area contributed by atoms with Gasteiger partial charge in [0.1, 0.15) is 12.1 Å². The monoisotopic (exact) mass is 329 g/mol. The summed E-state index contributed by atoms with van der Waals surface area (Å²) in [5, 5.41) is 3.45. The van der Waals surface area contributed by atoms with E-state index in [0.717, 1.165) is 44.0 Å². The van der Waals surface area contributed by atoms with Gasteiger partial charge in [-0.1, -0.05) is 6.07 Å². The van der Waals surface area contributed by atoms with Crippen LogP contribution < -0.4 is 15.6 Å². The van der Waals surface area contributed by atoms with E-state index in [9.17, 15) is 4.79 Å². The molecule has 0 unspecified atom stereocenters. The number of nitrogens with zero attached hydrogens (tertiary/aromatic N) is 4. The van der Waals surface area contributed by atoms with Crippen LogP contribution in [0.5, 0.6) is 5.88 Å². The predicted molar refractivity (Wildman–Crippen MR) is 92.2 cm³/mol. The van der Waals surface area contributed by atoms with Crippen molar-refractivity contribution in [3.05, 3.63) is 46.6 Å². The molecular weight excluding hydrogens is 306 g/mol. The van der Waals surface area contributed by atoms with Crippen molar-refractivity contribution in [1.82, 2.24) is 19.4 Å². The Balaban J connectivity index is 1.54. The van der Waals surface area contributed by atoms with E-state index in [1.807, 2.05) is 25.2 Å².